The maximum atomic E-state index is 12.6. The van der Waals surface area contributed by atoms with E-state index in [1.807, 2.05) is 6.92 Å². The molecule has 43 heavy (non-hydrogen) atoms. The minimum absolute atomic E-state index is 0.0326. The minimum atomic E-state index is -1.27. The Morgan fingerprint density at radius 3 is 2.30 bits per heavy atom. The molecule has 8 rings (SSSR count). The lowest BCUT2D eigenvalue weighted by atomic mass is 9.41. The van der Waals surface area contributed by atoms with Crippen LogP contribution in [0.3, 0.4) is 0 Å². The lowest BCUT2D eigenvalue weighted by molar-refractivity contribution is -0.303. The first-order valence-corrected chi connectivity index (χ1v) is 17.1. The summed E-state index contributed by atoms with van der Waals surface area (Å²) in [4.78, 5) is 0. The van der Waals surface area contributed by atoms with Crippen LogP contribution in [0.5, 0.6) is 0 Å². The van der Waals surface area contributed by atoms with E-state index >= 15 is 0 Å². The van der Waals surface area contributed by atoms with Crippen LogP contribution in [0.25, 0.3) is 0 Å². The minimum Gasteiger partial charge on any atom is -0.388 e. The van der Waals surface area contributed by atoms with Crippen LogP contribution >= 0.6 is 0 Å². The molecule has 4 N–H and O–H groups in total. The molecule has 0 radical (unpaired) electrons. The average molecular weight is 603 g/mol. The fraction of sp³-hybridized carbons (Fsp3) is 0.943. The summed E-state index contributed by atoms with van der Waals surface area (Å²) in [6.07, 6.45) is 2.97. The topological polar surface area (TPSA) is 118 Å². The fourth-order valence-electron chi connectivity index (χ4n) is 13.8. The van der Waals surface area contributed by atoms with Crippen LogP contribution in [-0.4, -0.2) is 81.8 Å². The Hall–Kier alpha value is -0.580. The van der Waals surface area contributed by atoms with E-state index in [2.05, 4.69) is 41.2 Å². The highest BCUT2D eigenvalue weighted by molar-refractivity contribution is 5.34. The van der Waals surface area contributed by atoms with Crippen LogP contribution < -0.4 is 0 Å². The van der Waals surface area contributed by atoms with Crippen LogP contribution in [0.4, 0.5) is 0 Å². The van der Waals surface area contributed by atoms with Crippen LogP contribution in [0.2, 0.25) is 0 Å². The molecule has 3 spiro atoms. The number of ether oxygens (including phenoxy) is 4. The standard InChI is InChI=1S/C35H54O8/c1-17(2)26-20-14-18(3)27-31(6)12-13-34-16-33(34)11-10-23(41-28-25(38)24(37)19(36)15-40-28)30(4,5)21(33)8-9-22(34)32(31,7)29(39)35(27,42-20)43-26/h18-29,36-39H,1,8-16H2,2-7H3/t18-,19-,20-,21-,22+,23+,24+,25-,26-,27-,28+,29-,31-,32-,33-,34+,35+/m1/s1. The van der Waals surface area contributed by atoms with Gasteiger partial charge in [-0.05, 0) is 103 Å². The average Bonchev–Trinajstić information content (AvgIpc) is 3.46. The van der Waals surface area contributed by atoms with Crippen molar-refractivity contribution in [2.45, 2.75) is 148 Å². The monoisotopic (exact) mass is 602 g/mol. The van der Waals surface area contributed by atoms with Gasteiger partial charge < -0.3 is 39.4 Å². The van der Waals surface area contributed by atoms with Gasteiger partial charge in [-0.15, -0.1) is 0 Å². The van der Waals surface area contributed by atoms with Crippen molar-refractivity contribution >= 4 is 0 Å². The molecule has 8 nitrogen and oxygen atoms in total. The van der Waals surface area contributed by atoms with Crippen LogP contribution in [-0.2, 0) is 18.9 Å². The largest absolute Gasteiger partial charge is 0.388 e. The molecule has 0 aromatic heterocycles. The van der Waals surface area contributed by atoms with Gasteiger partial charge in [0.2, 0.25) is 0 Å². The number of rotatable bonds is 3. The van der Waals surface area contributed by atoms with Crippen molar-refractivity contribution in [2.24, 2.45) is 50.7 Å². The van der Waals surface area contributed by atoms with Crippen molar-refractivity contribution in [1.29, 1.82) is 0 Å². The van der Waals surface area contributed by atoms with E-state index in [-0.39, 0.29) is 57.9 Å². The molecule has 5 aliphatic carbocycles. The van der Waals surface area contributed by atoms with E-state index < -0.39 is 36.5 Å². The molecule has 0 unspecified atom stereocenters. The number of hydrogen-bond donors (Lipinski definition) is 4. The zero-order chi connectivity index (χ0) is 30.7. The molecule has 0 amide bonds. The number of aliphatic hydroxyl groups is 4. The van der Waals surface area contributed by atoms with Gasteiger partial charge in [-0.25, -0.2) is 0 Å². The summed E-state index contributed by atoms with van der Waals surface area (Å²) in [5, 5.41) is 43.4. The highest BCUT2D eigenvalue weighted by Gasteiger charge is 2.88. The second-order valence-corrected chi connectivity index (χ2v) is 17.5. The maximum Gasteiger partial charge on any atom is 0.199 e. The van der Waals surface area contributed by atoms with Crippen molar-refractivity contribution in [3.8, 4) is 0 Å². The van der Waals surface area contributed by atoms with Crippen molar-refractivity contribution in [3.05, 3.63) is 12.2 Å². The normalized spacial score (nSPS) is 62.8. The molecule has 242 valence electrons. The van der Waals surface area contributed by atoms with Crippen molar-refractivity contribution < 1.29 is 39.4 Å². The van der Waals surface area contributed by atoms with Crippen molar-refractivity contribution in [2.75, 3.05) is 6.61 Å². The molecule has 8 aliphatic rings. The number of hydrogen-bond acceptors (Lipinski definition) is 8. The highest BCUT2D eigenvalue weighted by Crippen LogP contribution is 2.90. The second-order valence-electron chi connectivity index (χ2n) is 17.5. The van der Waals surface area contributed by atoms with Crippen LogP contribution in [0.1, 0.15) is 92.9 Å². The Kier molecular flexibility index (Phi) is 6.14. The predicted molar refractivity (Wildman–Crippen MR) is 157 cm³/mol. The van der Waals surface area contributed by atoms with Gasteiger partial charge >= 0.3 is 0 Å². The molecule has 0 aromatic rings. The molecule has 3 aliphatic heterocycles. The van der Waals surface area contributed by atoms with E-state index in [0.29, 0.717) is 17.8 Å². The Labute approximate surface area is 256 Å². The third-order valence-corrected chi connectivity index (χ3v) is 15.7. The molecule has 8 heteroatoms. The van der Waals surface area contributed by atoms with Crippen molar-refractivity contribution in [3.63, 3.8) is 0 Å². The summed E-state index contributed by atoms with van der Waals surface area (Å²) in [5.41, 5.74) is 0.877. The Bertz CT molecular complexity index is 1210. The first-order chi connectivity index (χ1) is 20.1. The van der Waals surface area contributed by atoms with E-state index in [0.717, 1.165) is 44.1 Å². The van der Waals surface area contributed by atoms with E-state index in [9.17, 15) is 20.4 Å². The summed E-state index contributed by atoms with van der Waals surface area (Å²) in [6, 6.07) is 0. The molecule has 17 atom stereocenters. The molecule has 0 aromatic carbocycles. The lowest BCUT2D eigenvalue weighted by Gasteiger charge is -2.63. The summed E-state index contributed by atoms with van der Waals surface area (Å²) in [6.45, 7) is 18.1. The molecule has 3 heterocycles. The van der Waals surface area contributed by atoms with Gasteiger partial charge in [0.05, 0.1) is 18.8 Å². The van der Waals surface area contributed by atoms with Gasteiger partial charge in [-0.1, -0.05) is 41.2 Å². The van der Waals surface area contributed by atoms with Gasteiger partial charge in [0, 0.05) is 11.3 Å². The highest BCUT2D eigenvalue weighted by atomic mass is 16.8. The van der Waals surface area contributed by atoms with E-state index in [1.54, 1.807) is 0 Å². The lowest BCUT2D eigenvalue weighted by Crippen LogP contribution is -2.61. The Balaban J connectivity index is 1.10. The SMILES string of the molecule is C=C(C)[C@H]1O[C@@]23O[C@@H]1C[C@@H](C)[C@@H]2[C@@]1(C)CC[C@@]24C[C@@]25CC[C@H](O[C@@H]2OC[C@@H](O)[C@H](O)[C@H]2O)C(C)(C)[C@H]5CC[C@H]4[C@]1(C)[C@H]3O. The number of fused-ring (bicyclic) bond motifs is 4. The second kappa shape index (κ2) is 8.85. The number of aliphatic hydroxyl groups excluding tert-OH is 4. The van der Waals surface area contributed by atoms with Gasteiger partial charge in [-0.2, -0.15) is 0 Å². The summed E-state index contributed by atoms with van der Waals surface area (Å²) in [5.74, 6) is 0.477. The summed E-state index contributed by atoms with van der Waals surface area (Å²) >= 11 is 0. The zero-order valence-corrected chi connectivity index (χ0v) is 26.9. The predicted octanol–water partition coefficient (Wildman–Crippen LogP) is 3.93. The third kappa shape index (κ3) is 3.26. The smallest absolute Gasteiger partial charge is 0.199 e. The maximum absolute atomic E-state index is 12.6. The summed E-state index contributed by atoms with van der Waals surface area (Å²) in [7, 11) is 0. The fourth-order valence-corrected chi connectivity index (χ4v) is 13.8. The van der Waals surface area contributed by atoms with Gasteiger partial charge in [0.15, 0.2) is 12.1 Å². The first-order valence-electron chi connectivity index (χ1n) is 17.1. The quantitative estimate of drug-likeness (QED) is 0.284. The van der Waals surface area contributed by atoms with Crippen molar-refractivity contribution in [1.82, 2.24) is 0 Å². The zero-order valence-electron chi connectivity index (χ0n) is 26.9. The van der Waals surface area contributed by atoms with Gasteiger partial charge in [-0.3, -0.25) is 0 Å². The Morgan fingerprint density at radius 1 is 0.884 bits per heavy atom. The molecule has 8 fully saturated rings. The van der Waals surface area contributed by atoms with Gasteiger partial charge in [0.25, 0.3) is 0 Å². The van der Waals surface area contributed by atoms with E-state index in [4.69, 9.17) is 18.9 Å². The molecule has 2 bridgehead atoms. The van der Waals surface area contributed by atoms with E-state index in [1.165, 1.54) is 12.8 Å². The van der Waals surface area contributed by atoms with Crippen LogP contribution in [0, 0.1) is 50.7 Å². The third-order valence-electron chi connectivity index (χ3n) is 15.7. The summed E-state index contributed by atoms with van der Waals surface area (Å²) < 4.78 is 25.9. The molecule has 3 saturated heterocycles. The first kappa shape index (κ1) is 29.8. The molecule has 5 saturated carbocycles. The molecular weight excluding hydrogens is 548 g/mol. The van der Waals surface area contributed by atoms with Gasteiger partial charge in [0.1, 0.15) is 30.5 Å². The Morgan fingerprint density at radius 2 is 1.58 bits per heavy atom. The molecular formula is C35H54O8. The van der Waals surface area contributed by atoms with Crippen LogP contribution in [0.15, 0.2) is 12.2 Å².